The van der Waals surface area contributed by atoms with Crippen LogP contribution in [0.25, 0.3) is 130 Å². The number of hydrogen-bond donors (Lipinski definition) is 0. The van der Waals surface area contributed by atoms with Gasteiger partial charge in [0.2, 0.25) is 0 Å². The van der Waals surface area contributed by atoms with E-state index >= 15 is 0 Å². The number of fused-ring (bicyclic) bond motifs is 22. The summed E-state index contributed by atoms with van der Waals surface area (Å²) in [6.07, 6.45) is 3.94. The van der Waals surface area contributed by atoms with Crippen LogP contribution in [0, 0.1) is 5.92 Å². The van der Waals surface area contributed by atoms with Gasteiger partial charge in [0.25, 0.3) is 0 Å². The number of aromatic nitrogens is 1. The molecule has 0 radical (unpaired) electrons. The number of allylic oxidation sites excluding steroid dienone is 3. The number of benzene rings is 10. The van der Waals surface area contributed by atoms with Crippen LogP contribution >= 0.6 is 11.3 Å². The van der Waals surface area contributed by atoms with Crippen LogP contribution in [-0.2, 0) is 0 Å². The molecule has 4 bridgehead atoms. The Morgan fingerprint density at radius 3 is 2.00 bits per heavy atom. The molecule has 14 aromatic rings. The van der Waals surface area contributed by atoms with Crippen LogP contribution in [0.5, 0.6) is 0 Å². The highest BCUT2D eigenvalue weighted by molar-refractivity contribution is 7.25. The molecule has 5 heteroatoms. The number of thiophene rings is 1. The van der Waals surface area contributed by atoms with Crippen molar-refractivity contribution in [2.24, 2.45) is 10.9 Å². The molecule has 6 heterocycles. The Labute approximate surface area is 405 Å². The lowest BCUT2D eigenvalue weighted by Gasteiger charge is -2.26. The van der Waals surface area contributed by atoms with Gasteiger partial charge in [-0.25, -0.2) is 0 Å². The molecule has 2 aliphatic rings. The van der Waals surface area contributed by atoms with Crippen LogP contribution in [0.4, 0.5) is 0 Å². The largest absolute Gasteiger partial charge is 0.456 e. The summed E-state index contributed by atoms with van der Waals surface area (Å²) in [7, 11) is 0. The Balaban J connectivity index is 1.06. The van der Waals surface area contributed by atoms with E-state index in [0.29, 0.717) is 6.42 Å². The van der Waals surface area contributed by atoms with Crippen LogP contribution in [0.3, 0.4) is 0 Å². The second-order valence-electron chi connectivity index (χ2n) is 19.2. The fourth-order valence-electron chi connectivity index (χ4n) is 12.1. The molecule has 4 aromatic heterocycles. The van der Waals surface area contributed by atoms with Gasteiger partial charge in [0, 0.05) is 76.0 Å². The number of rotatable bonds is 3. The normalized spacial score (nSPS) is 17.7. The SMILES string of the molecule is CCC1/C=C(c2ccc3c(c2)sc2ccccc23)\N=C2/C/C(=C/1c1ccc3c(c1)oc1ccccc13)c1ccc3c4cc5ccccc5cc4n(c3c1)-c1c2ccc2c1oc1cc3ccccc3cc12. The molecule has 10 aromatic carbocycles. The zero-order valence-electron chi connectivity index (χ0n) is 38.1. The maximum atomic E-state index is 7.27. The minimum atomic E-state index is 0.0364. The number of furan rings is 2. The zero-order chi connectivity index (χ0) is 45.8. The quantitative estimate of drug-likeness (QED) is 0.177. The van der Waals surface area contributed by atoms with Crippen LogP contribution in [0.2, 0.25) is 0 Å². The first-order valence-electron chi connectivity index (χ1n) is 24.3. The van der Waals surface area contributed by atoms with Gasteiger partial charge < -0.3 is 13.4 Å². The fraction of sp³-hybridized carbons (Fsp3) is 0.0615. The molecule has 0 fully saturated rings. The Hall–Kier alpha value is -8.51. The Kier molecular flexibility index (Phi) is 7.84. The lowest BCUT2D eigenvalue weighted by Crippen LogP contribution is -2.13. The second-order valence-corrected chi connectivity index (χ2v) is 20.3. The van der Waals surface area contributed by atoms with E-state index in [1.165, 1.54) is 63.8 Å². The molecule has 0 saturated heterocycles. The lowest BCUT2D eigenvalue weighted by atomic mass is 9.80. The standard InChI is InChI=1S/C65H40N2O2S/c1-2-36-29-54(42-20-24-48-47-16-8-10-18-61(47)70-62(48)34-42)66-55-35-51(63(36)43-21-23-46-45-15-7-9-17-58(45)68-59(46)33-43)41-19-22-44-52-27-37-11-3-5-13-39(37)30-57(52)67(56(44)31-41)64-50(55)26-25-49-53-28-38-12-4-6-14-40(38)32-60(53)69-65(49)64/h3-34,36H,2,35H2,1H3/b54-29-,63-51+,66-55+. The van der Waals surface area contributed by atoms with Crippen LogP contribution in [-0.4, -0.2) is 10.3 Å². The van der Waals surface area contributed by atoms with Crippen molar-refractivity contribution in [3.8, 4) is 5.69 Å². The zero-order valence-corrected chi connectivity index (χ0v) is 38.9. The van der Waals surface area contributed by atoms with Crippen molar-refractivity contribution in [3.63, 3.8) is 0 Å². The maximum Gasteiger partial charge on any atom is 0.160 e. The highest BCUT2D eigenvalue weighted by Crippen LogP contribution is 2.49. The van der Waals surface area contributed by atoms with Gasteiger partial charge in [-0.3, -0.25) is 4.99 Å². The third kappa shape index (κ3) is 5.44. The summed E-state index contributed by atoms with van der Waals surface area (Å²) in [5.41, 5.74) is 15.9. The molecule has 0 N–H and O–H groups in total. The van der Waals surface area contributed by atoms with E-state index < -0.39 is 0 Å². The van der Waals surface area contributed by atoms with Gasteiger partial charge in [-0.15, -0.1) is 11.3 Å². The molecule has 4 nitrogen and oxygen atoms in total. The number of aliphatic imine (C=N–C) groups is 1. The van der Waals surface area contributed by atoms with E-state index in [9.17, 15) is 0 Å². The van der Waals surface area contributed by atoms with E-state index in [1.54, 1.807) is 0 Å². The average molecular weight is 913 g/mol. The molecule has 16 rings (SSSR count). The van der Waals surface area contributed by atoms with Crippen LogP contribution in [0.1, 0.15) is 42.0 Å². The first-order chi connectivity index (χ1) is 34.6. The van der Waals surface area contributed by atoms with Gasteiger partial charge >= 0.3 is 0 Å². The first kappa shape index (κ1) is 38.5. The van der Waals surface area contributed by atoms with Gasteiger partial charge in [-0.05, 0) is 117 Å². The molecule has 1 atom stereocenters. The molecule has 328 valence electrons. The minimum absolute atomic E-state index is 0.0364. The summed E-state index contributed by atoms with van der Waals surface area (Å²) in [5, 5.41) is 14.2. The van der Waals surface area contributed by atoms with E-state index in [1.807, 2.05) is 11.3 Å². The molecule has 2 aliphatic heterocycles. The molecule has 0 spiro atoms. The summed E-state index contributed by atoms with van der Waals surface area (Å²) in [6, 6.07) is 69.3. The van der Waals surface area contributed by atoms with Crippen molar-refractivity contribution in [1.82, 2.24) is 4.57 Å². The fourth-order valence-corrected chi connectivity index (χ4v) is 13.3. The number of para-hydroxylation sites is 1. The average Bonchev–Trinajstić information content (AvgIpc) is 4.15. The first-order valence-corrected chi connectivity index (χ1v) is 25.1. The molecule has 70 heavy (non-hydrogen) atoms. The summed E-state index contributed by atoms with van der Waals surface area (Å²) >= 11 is 1.85. The van der Waals surface area contributed by atoms with Gasteiger partial charge in [0.15, 0.2) is 5.58 Å². The van der Waals surface area contributed by atoms with Gasteiger partial charge in [-0.1, -0.05) is 134 Å². The van der Waals surface area contributed by atoms with Crippen molar-refractivity contribution in [2.75, 3.05) is 0 Å². The molecule has 0 amide bonds. The highest BCUT2D eigenvalue weighted by Gasteiger charge is 2.31. The Bertz CT molecular complexity index is 4740. The van der Waals surface area contributed by atoms with E-state index in [0.717, 1.165) is 101 Å². The monoisotopic (exact) mass is 912 g/mol. The summed E-state index contributed by atoms with van der Waals surface area (Å²) < 4.78 is 19.0. The van der Waals surface area contributed by atoms with Crippen LogP contribution < -0.4 is 0 Å². The minimum Gasteiger partial charge on any atom is -0.456 e. The van der Waals surface area contributed by atoms with Crippen molar-refractivity contribution in [3.05, 3.63) is 216 Å². The van der Waals surface area contributed by atoms with Crippen molar-refractivity contribution in [1.29, 1.82) is 0 Å². The smallest absolute Gasteiger partial charge is 0.160 e. The summed E-state index contributed by atoms with van der Waals surface area (Å²) in [4.78, 5) is 5.98. The predicted octanol–water partition coefficient (Wildman–Crippen LogP) is 18.4. The maximum absolute atomic E-state index is 7.27. The van der Waals surface area contributed by atoms with E-state index in [-0.39, 0.29) is 5.92 Å². The molecular weight excluding hydrogens is 873 g/mol. The van der Waals surface area contributed by atoms with Crippen molar-refractivity contribution >= 4 is 141 Å². The van der Waals surface area contributed by atoms with Gasteiger partial charge in [-0.2, -0.15) is 0 Å². The molecule has 1 unspecified atom stereocenters. The third-order valence-electron chi connectivity index (χ3n) is 15.5. The molecule has 0 aliphatic carbocycles. The predicted molar refractivity (Wildman–Crippen MR) is 296 cm³/mol. The lowest BCUT2D eigenvalue weighted by molar-refractivity contribution is 0.666. The second kappa shape index (κ2) is 14.3. The molecule has 0 saturated carbocycles. The number of hydrogen-bond acceptors (Lipinski definition) is 4. The number of nitrogens with zero attached hydrogens (tertiary/aromatic N) is 2. The highest BCUT2D eigenvalue weighted by atomic mass is 32.1. The topological polar surface area (TPSA) is 43.6 Å². The van der Waals surface area contributed by atoms with Crippen LogP contribution in [0.15, 0.2) is 208 Å². The molecular formula is C65H40N2O2S. The summed E-state index contributed by atoms with van der Waals surface area (Å²) in [6.45, 7) is 2.32. The van der Waals surface area contributed by atoms with Crippen molar-refractivity contribution in [2.45, 2.75) is 19.8 Å². The van der Waals surface area contributed by atoms with E-state index in [2.05, 4.69) is 206 Å². The Morgan fingerprint density at radius 2 is 1.14 bits per heavy atom. The van der Waals surface area contributed by atoms with E-state index in [4.69, 9.17) is 13.8 Å². The Morgan fingerprint density at radius 1 is 0.500 bits per heavy atom. The summed E-state index contributed by atoms with van der Waals surface area (Å²) in [5.74, 6) is 0.0364. The van der Waals surface area contributed by atoms with Gasteiger partial charge in [0.05, 0.1) is 28.1 Å². The van der Waals surface area contributed by atoms with Crippen molar-refractivity contribution < 1.29 is 8.83 Å². The van der Waals surface area contributed by atoms with Gasteiger partial charge in [0.1, 0.15) is 16.7 Å². The third-order valence-corrected chi connectivity index (χ3v) is 16.6.